The number of rotatable bonds is 5. The average molecular weight is 465 g/mol. The van der Waals surface area contributed by atoms with Gasteiger partial charge in [-0.25, -0.2) is 4.79 Å². The average Bonchev–Trinajstić information content (AvgIpc) is 3.16. The number of carbonyl (C=O) groups is 2. The van der Waals surface area contributed by atoms with Crippen LogP contribution in [0.15, 0.2) is 35.0 Å². The zero-order chi connectivity index (χ0) is 25.4. The van der Waals surface area contributed by atoms with Crippen LogP contribution in [0.5, 0.6) is 0 Å². The van der Waals surface area contributed by atoms with Crippen molar-refractivity contribution >= 4 is 23.7 Å². The Kier molecular flexibility index (Phi) is 6.92. The number of aromatic amines is 1. The molecule has 6 nitrogen and oxygen atoms in total. The van der Waals surface area contributed by atoms with E-state index in [0.29, 0.717) is 12.1 Å². The lowest BCUT2D eigenvalue weighted by Gasteiger charge is -2.21. The third-order valence-electron chi connectivity index (χ3n) is 6.03. The van der Waals surface area contributed by atoms with Crippen LogP contribution in [0.1, 0.15) is 92.5 Å². The molecule has 182 valence electrons. The van der Waals surface area contributed by atoms with Gasteiger partial charge in [0.2, 0.25) is 0 Å². The van der Waals surface area contributed by atoms with Crippen LogP contribution >= 0.6 is 0 Å². The molecule has 0 radical (unpaired) electrons. The van der Waals surface area contributed by atoms with Crippen LogP contribution in [0, 0.1) is 26.2 Å². The Hall–Kier alpha value is -3.15. The van der Waals surface area contributed by atoms with E-state index in [2.05, 4.69) is 18.8 Å². The number of aliphatic imine (C=N–C) groups is 1. The Bertz CT molecular complexity index is 1160. The van der Waals surface area contributed by atoms with Crippen molar-refractivity contribution in [1.82, 2.24) is 4.98 Å². The molecule has 0 amide bonds. The van der Waals surface area contributed by atoms with Crippen LogP contribution in [0.3, 0.4) is 0 Å². The summed E-state index contributed by atoms with van der Waals surface area (Å²) in [6.07, 6.45) is 2.11. The predicted octanol–water partition coefficient (Wildman–Crippen LogP) is 6.41. The normalized spacial score (nSPS) is 17.4. The number of hydrogen-bond donors (Lipinski definition) is 1. The first-order chi connectivity index (χ1) is 15.7. The van der Waals surface area contributed by atoms with Crippen molar-refractivity contribution < 1.29 is 19.1 Å². The van der Waals surface area contributed by atoms with Crippen LogP contribution in [0.2, 0.25) is 0 Å². The fraction of sp³-hybridized carbons (Fsp3) is 0.464. The lowest BCUT2D eigenvalue weighted by atomic mass is 9.84. The number of H-pyrrole nitrogens is 1. The van der Waals surface area contributed by atoms with Gasteiger partial charge in [-0.15, -0.1) is 0 Å². The van der Waals surface area contributed by atoms with Gasteiger partial charge in [-0.1, -0.05) is 43.7 Å². The zero-order valence-electron chi connectivity index (χ0n) is 21.8. The minimum Gasteiger partial charge on any atom is -0.455 e. The van der Waals surface area contributed by atoms with E-state index in [4.69, 9.17) is 14.5 Å². The summed E-state index contributed by atoms with van der Waals surface area (Å²) >= 11 is 0. The molecule has 1 N–H and O–H groups in total. The monoisotopic (exact) mass is 464 g/mol. The Balaban J connectivity index is 2.01. The van der Waals surface area contributed by atoms with Gasteiger partial charge in [0.25, 0.3) is 0 Å². The highest BCUT2D eigenvalue weighted by Crippen LogP contribution is 2.42. The van der Waals surface area contributed by atoms with Crippen molar-refractivity contribution in [2.45, 2.75) is 80.4 Å². The van der Waals surface area contributed by atoms with Crippen LogP contribution in [-0.2, 0) is 14.3 Å². The van der Waals surface area contributed by atoms with E-state index >= 15 is 0 Å². The zero-order valence-corrected chi connectivity index (χ0v) is 21.8. The maximum absolute atomic E-state index is 12.7. The summed E-state index contributed by atoms with van der Waals surface area (Å²) in [5.41, 5.74) is 5.99. The number of allylic oxidation sites excluding steroid dienone is 1. The molecule has 0 saturated heterocycles. The van der Waals surface area contributed by atoms with E-state index in [0.717, 1.165) is 39.4 Å². The van der Waals surface area contributed by atoms with Crippen molar-refractivity contribution in [2.24, 2.45) is 10.4 Å². The van der Waals surface area contributed by atoms with Gasteiger partial charge in [0.15, 0.2) is 6.10 Å². The number of aryl methyl sites for hydroxylation is 1. The molecule has 3 rings (SSSR count). The first-order valence-corrected chi connectivity index (χ1v) is 11.6. The third kappa shape index (κ3) is 5.66. The number of esters is 2. The molecule has 0 spiro atoms. The van der Waals surface area contributed by atoms with Crippen LogP contribution in [0.25, 0.3) is 6.08 Å². The molecule has 0 aliphatic carbocycles. The molecule has 0 fully saturated rings. The minimum atomic E-state index is -0.574. The molecule has 2 heterocycles. The molecule has 1 aromatic carbocycles. The second-order valence-electron chi connectivity index (χ2n) is 10.8. The summed E-state index contributed by atoms with van der Waals surface area (Å²) in [5.74, 6) is -0.719. The van der Waals surface area contributed by atoms with Gasteiger partial charge in [-0.3, -0.25) is 9.79 Å². The van der Waals surface area contributed by atoms with Crippen LogP contribution < -0.4 is 0 Å². The van der Waals surface area contributed by atoms with Gasteiger partial charge < -0.3 is 14.5 Å². The summed E-state index contributed by atoms with van der Waals surface area (Å²) < 4.78 is 11.3. The summed E-state index contributed by atoms with van der Waals surface area (Å²) in [5, 5.41) is 0. The molecule has 1 unspecified atom stereocenters. The Labute approximate surface area is 202 Å². The number of ether oxygens (including phenoxy) is 2. The standard InChI is InChI=1S/C28H36N2O4/c1-16-10-12-20(13-11-16)25(33-19(4)31)22-15-28(8,9)23(29-22)14-21-17(2)18(3)24(30-21)26(32)34-27(5,6)7/h10-14,25,30H,15H2,1-9H3/b23-14+. The molecule has 0 saturated carbocycles. The van der Waals surface area contributed by atoms with Crippen molar-refractivity contribution in [2.75, 3.05) is 0 Å². The molecular weight excluding hydrogens is 428 g/mol. The molecule has 1 aliphatic rings. The van der Waals surface area contributed by atoms with E-state index < -0.39 is 11.7 Å². The lowest BCUT2D eigenvalue weighted by molar-refractivity contribution is -0.143. The smallest absolute Gasteiger partial charge is 0.355 e. The van der Waals surface area contributed by atoms with E-state index in [1.165, 1.54) is 6.92 Å². The van der Waals surface area contributed by atoms with Crippen molar-refractivity contribution in [3.63, 3.8) is 0 Å². The first kappa shape index (κ1) is 25.5. The summed E-state index contributed by atoms with van der Waals surface area (Å²) in [6.45, 7) is 17.1. The number of aromatic nitrogens is 1. The number of hydrogen-bond acceptors (Lipinski definition) is 5. The molecular formula is C28H36N2O4. The van der Waals surface area contributed by atoms with E-state index in [-0.39, 0.29) is 17.4 Å². The van der Waals surface area contributed by atoms with Crippen LogP contribution in [-0.4, -0.2) is 28.2 Å². The van der Waals surface area contributed by atoms with Gasteiger partial charge >= 0.3 is 11.9 Å². The predicted molar refractivity (Wildman–Crippen MR) is 135 cm³/mol. The van der Waals surface area contributed by atoms with Crippen molar-refractivity contribution in [3.05, 3.63) is 63.6 Å². The highest BCUT2D eigenvalue weighted by molar-refractivity contribution is 5.96. The van der Waals surface area contributed by atoms with Gasteiger partial charge in [-0.2, -0.15) is 0 Å². The number of carbonyl (C=O) groups excluding carboxylic acids is 2. The maximum atomic E-state index is 12.7. The van der Waals surface area contributed by atoms with E-state index in [1.54, 1.807) is 0 Å². The maximum Gasteiger partial charge on any atom is 0.355 e. The highest BCUT2D eigenvalue weighted by Gasteiger charge is 2.37. The van der Waals surface area contributed by atoms with Gasteiger partial charge in [0.1, 0.15) is 11.3 Å². The topological polar surface area (TPSA) is 80.8 Å². The fourth-order valence-electron chi connectivity index (χ4n) is 4.03. The molecule has 1 aromatic heterocycles. The molecule has 0 bridgehead atoms. The highest BCUT2D eigenvalue weighted by atomic mass is 16.6. The minimum absolute atomic E-state index is 0.268. The Morgan fingerprint density at radius 3 is 2.26 bits per heavy atom. The molecule has 2 aromatic rings. The molecule has 34 heavy (non-hydrogen) atoms. The van der Waals surface area contributed by atoms with Crippen molar-refractivity contribution in [3.8, 4) is 0 Å². The summed E-state index contributed by atoms with van der Waals surface area (Å²) in [6, 6.07) is 7.97. The second kappa shape index (κ2) is 9.24. The van der Waals surface area contributed by atoms with Crippen LogP contribution in [0.4, 0.5) is 0 Å². The summed E-state index contributed by atoms with van der Waals surface area (Å²) in [7, 11) is 0. The third-order valence-corrected chi connectivity index (χ3v) is 6.03. The quantitative estimate of drug-likeness (QED) is 0.518. The Morgan fingerprint density at radius 2 is 1.71 bits per heavy atom. The SMILES string of the molecule is CC(=O)OC(C1=N/C(=C/c2[nH]c(C(=O)OC(C)(C)C)c(C)c2C)C(C)(C)C1)c1ccc(C)cc1. The van der Waals surface area contributed by atoms with Gasteiger partial charge in [0.05, 0.1) is 5.71 Å². The second-order valence-corrected chi connectivity index (χ2v) is 10.8. The summed E-state index contributed by atoms with van der Waals surface area (Å²) in [4.78, 5) is 32.8. The first-order valence-electron chi connectivity index (χ1n) is 11.6. The van der Waals surface area contributed by atoms with Crippen molar-refractivity contribution in [1.29, 1.82) is 0 Å². The number of nitrogens with one attached hydrogen (secondary N) is 1. The van der Waals surface area contributed by atoms with Gasteiger partial charge in [0, 0.05) is 30.2 Å². The number of nitrogens with zero attached hydrogens (tertiary/aromatic N) is 1. The van der Waals surface area contributed by atoms with E-state index in [1.807, 2.05) is 71.9 Å². The Morgan fingerprint density at radius 1 is 1.09 bits per heavy atom. The lowest BCUT2D eigenvalue weighted by Crippen LogP contribution is -2.24. The fourth-order valence-corrected chi connectivity index (χ4v) is 4.03. The molecule has 1 aliphatic heterocycles. The largest absolute Gasteiger partial charge is 0.455 e. The molecule has 1 atom stereocenters. The van der Waals surface area contributed by atoms with E-state index in [9.17, 15) is 9.59 Å². The van der Waals surface area contributed by atoms with Gasteiger partial charge in [-0.05, 0) is 64.3 Å². The molecule has 6 heteroatoms. The number of benzene rings is 1.